The second-order valence-electron chi connectivity index (χ2n) is 9.43. The van der Waals surface area contributed by atoms with Crippen LogP contribution in [0.2, 0.25) is 5.02 Å². The van der Waals surface area contributed by atoms with Crippen molar-refractivity contribution in [1.82, 2.24) is 14.8 Å². The van der Waals surface area contributed by atoms with Crippen molar-refractivity contribution in [3.8, 4) is 11.4 Å². The molecule has 2 aliphatic carbocycles. The van der Waals surface area contributed by atoms with Crippen LogP contribution in [-0.2, 0) is 5.54 Å². The molecule has 3 aliphatic rings. The van der Waals surface area contributed by atoms with Crippen LogP contribution in [0.15, 0.2) is 47.1 Å². The maximum absolute atomic E-state index is 13.7. The smallest absolute Gasteiger partial charge is 0.296 e. The number of aromatic nitrogens is 3. The summed E-state index contributed by atoms with van der Waals surface area (Å²) in [7, 11) is 0. The van der Waals surface area contributed by atoms with Gasteiger partial charge in [0.15, 0.2) is 11.6 Å². The van der Waals surface area contributed by atoms with E-state index in [1.807, 2.05) is 29.2 Å². The maximum atomic E-state index is 13.7. The van der Waals surface area contributed by atoms with E-state index in [9.17, 15) is 4.79 Å². The third-order valence-corrected chi connectivity index (χ3v) is 8.00. The fraction of sp³-hybridized carbons (Fsp3) is 0.480. The number of benzene rings is 1. The highest BCUT2D eigenvalue weighted by Gasteiger charge is 2.55. The Labute approximate surface area is 192 Å². The van der Waals surface area contributed by atoms with Gasteiger partial charge in [0.1, 0.15) is 0 Å². The minimum absolute atomic E-state index is 0.0592. The first-order valence-electron chi connectivity index (χ1n) is 11.8. The van der Waals surface area contributed by atoms with Gasteiger partial charge in [0.25, 0.3) is 5.91 Å². The van der Waals surface area contributed by atoms with E-state index < -0.39 is 0 Å². The van der Waals surface area contributed by atoms with E-state index >= 15 is 0 Å². The molecule has 1 spiro atoms. The van der Waals surface area contributed by atoms with Crippen LogP contribution in [0.25, 0.3) is 11.4 Å². The standard InChI is InChI=1S/C25H27ClN4O2/c26-18-12-10-17(11-13-18)22-27-24-29(23(31)21-9-6-16-32-21)20-8-3-2-7-19(20)25(30(24)28-22)14-4-1-5-15-25/h6,9-13,16,19-20H,1-5,7-8,14-15H2/t19-,20+/m1/s1. The molecule has 32 heavy (non-hydrogen) atoms. The van der Waals surface area contributed by atoms with Gasteiger partial charge in [-0.1, -0.05) is 43.7 Å². The summed E-state index contributed by atoms with van der Waals surface area (Å²) in [5.41, 5.74) is 0.853. The molecule has 2 atom stereocenters. The molecule has 2 saturated carbocycles. The fourth-order valence-corrected chi connectivity index (χ4v) is 6.47. The van der Waals surface area contributed by atoms with Crippen molar-refractivity contribution in [2.75, 3.05) is 4.90 Å². The second kappa shape index (κ2) is 7.77. The molecule has 6 nitrogen and oxygen atoms in total. The Morgan fingerprint density at radius 2 is 1.81 bits per heavy atom. The summed E-state index contributed by atoms with van der Waals surface area (Å²) in [4.78, 5) is 20.5. The molecule has 0 N–H and O–H groups in total. The first kappa shape index (κ1) is 20.0. The number of nitrogens with zero attached hydrogens (tertiary/aromatic N) is 4. The van der Waals surface area contributed by atoms with Gasteiger partial charge in [-0.25, -0.2) is 4.68 Å². The van der Waals surface area contributed by atoms with Crippen LogP contribution in [0.4, 0.5) is 5.95 Å². The summed E-state index contributed by atoms with van der Waals surface area (Å²) >= 11 is 6.11. The minimum atomic E-state index is -0.117. The highest BCUT2D eigenvalue weighted by atomic mass is 35.5. The highest BCUT2D eigenvalue weighted by molar-refractivity contribution is 6.30. The third-order valence-electron chi connectivity index (χ3n) is 7.75. The van der Waals surface area contributed by atoms with Crippen molar-refractivity contribution >= 4 is 23.5 Å². The lowest BCUT2D eigenvalue weighted by Crippen LogP contribution is -2.61. The normalized spacial score (nSPS) is 24.2. The van der Waals surface area contributed by atoms with Gasteiger partial charge >= 0.3 is 0 Å². The monoisotopic (exact) mass is 450 g/mol. The molecule has 6 rings (SSSR count). The number of furan rings is 1. The lowest BCUT2D eigenvalue weighted by molar-refractivity contribution is 0.0309. The topological polar surface area (TPSA) is 64.2 Å². The van der Waals surface area contributed by atoms with Crippen molar-refractivity contribution in [3.63, 3.8) is 0 Å². The molecule has 2 fully saturated rings. The molecule has 166 valence electrons. The molecule has 1 aliphatic heterocycles. The summed E-state index contributed by atoms with van der Waals surface area (Å²) in [5, 5.41) is 5.75. The maximum Gasteiger partial charge on any atom is 0.296 e. The summed E-state index contributed by atoms with van der Waals surface area (Å²) in [5.74, 6) is 1.95. The number of hydrogen-bond acceptors (Lipinski definition) is 4. The van der Waals surface area contributed by atoms with Crippen molar-refractivity contribution in [3.05, 3.63) is 53.4 Å². The minimum Gasteiger partial charge on any atom is -0.459 e. The Balaban J connectivity index is 1.54. The summed E-state index contributed by atoms with van der Waals surface area (Å²) in [6, 6.07) is 11.3. The molecule has 7 heteroatoms. The number of amides is 1. The number of hydrogen-bond donors (Lipinski definition) is 0. The Hall–Kier alpha value is -2.60. The molecule has 2 aromatic heterocycles. The van der Waals surface area contributed by atoms with E-state index in [1.165, 1.54) is 25.7 Å². The number of carbonyl (C=O) groups excluding carboxylic acids is 1. The lowest BCUT2D eigenvalue weighted by atomic mass is 9.64. The number of carbonyl (C=O) groups is 1. The van der Waals surface area contributed by atoms with Crippen LogP contribution in [0, 0.1) is 5.92 Å². The Bertz CT molecular complexity index is 1120. The first-order valence-corrected chi connectivity index (χ1v) is 12.2. The summed E-state index contributed by atoms with van der Waals surface area (Å²) < 4.78 is 7.65. The molecule has 1 aromatic carbocycles. The van der Waals surface area contributed by atoms with Crippen molar-refractivity contribution in [2.24, 2.45) is 5.92 Å². The number of rotatable bonds is 2. The molecular weight excluding hydrogens is 424 g/mol. The van der Waals surface area contributed by atoms with Gasteiger partial charge in [0.2, 0.25) is 5.95 Å². The average Bonchev–Trinajstić information content (AvgIpc) is 3.52. The number of fused-ring (bicyclic) bond motifs is 4. The predicted molar refractivity (Wildman–Crippen MR) is 123 cm³/mol. The molecule has 0 radical (unpaired) electrons. The number of anilines is 1. The van der Waals surface area contributed by atoms with Crippen LogP contribution < -0.4 is 4.90 Å². The van der Waals surface area contributed by atoms with Gasteiger partial charge in [-0.05, 0) is 62.1 Å². The molecule has 0 saturated heterocycles. The van der Waals surface area contributed by atoms with Crippen molar-refractivity contribution in [1.29, 1.82) is 0 Å². The molecule has 0 unspecified atom stereocenters. The zero-order valence-corrected chi connectivity index (χ0v) is 18.8. The molecule has 3 heterocycles. The van der Waals surface area contributed by atoms with Crippen molar-refractivity contribution in [2.45, 2.75) is 69.4 Å². The van der Waals surface area contributed by atoms with Crippen molar-refractivity contribution < 1.29 is 9.21 Å². The van der Waals surface area contributed by atoms with Crippen LogP contribution in [0.5, 0.6) is 0 Å². The van der Waals surface area contributed by atoms with E-state index in [2.05, 4.69) is 4.68 Å². The molecule has 3 aromatic rings. The Morgan fingerprint density at radius 3 is 2.56 bits per heavy atom. The van der Waals surface area contributed by atoms with Gasteiger partial charge in [-0.15, -0.1) is 5.10 Å². The van der Waals surface area contributed by atoms with Crippen LogP contribution in [0.1, 0.15) is 68.3 Å². The third kappa shape index (κ3) is 3.03. The predicted octanol–water partition coefficient (Wildman–Crippen LogP) is 6.07. The van der Waals surface area contributed by atoms with Crippen LogP contribution in [0.3, 0.4) is 0 Å². The van der Waals surface area contributed by atoms with Crippen LogP contribution >= 0.6 is 11.6 Å². The SMILES string of the molecule is O=C(c1ccco1)N1c2nc(-c3ccc(Cl)cc3)nn2C2(CCCCC2)[C@@H]2CCCC[C@@H]21. The number of halogens is 1. The van der Waals surface area contributed by atoms with E-state index in [0.29, 0.717) is 28.5 Å². The summed E-state index contributed by atoms with van der Waals surface area (Å²) in [6.07, 6.45) is 11.9. The highest BCUT2D eigenvalue weighted by Crippen LogP contribution is 2.53. The lowest BCUT2D eigenvalue weighted by Gasteiger charge is -2.55. The summed E-state index contributed by atoms with van der Waals surface area (Å²) in [6.45, 7) is 0. The van der Waals surface area contributed by atoms with Gasteiger partial charge in [0.05, 0.1) is 11.8 Å². The Morgan fingerprint density at radius 1 is 1.03 bits per heavy atom. The fourth-order valence-electron chi connectivity index (χ4n) is 6.34. The first-order chi connectivity index (χ1) is 15.7. The second-order valence-corrected chi connectivity index (χ2v) is 9.87. The largest absolute Gasteiger partial charge is 0.459 e. The van der Waals surface area contributed by atoms with E-state index in [4.69, 9.17) is 26.1 Å². The van der Waals surface area contributed by atoms with E-state index in [0.717, 1.165) is 37.7 Å². The van der Waals surface area contributed by atoms with Crippen LogP contribution in [-0.4, -0.2) is 26.7 Å². The Kier molecular flexibility index (Phi) is 4.86. The van der Waals surface area contributed by atoms with Gasteiger partial charge in [-0.2, -0.15) is 4.98 Å². The van der Waals surface area contributed by atoms with E-state index in [-0.39, 0.29) is 17.5 Å². The van der Waals surface area contributed by atoms with Gasteiger partial charge in [-0.3, -0.25) is 9.69 Å². The van der Waals surface area contributed by atoms with E-state index in [1.54, 1.807) is 18.4 Å². The van der Waals surface area contributed by atoms with Gasteiger partial charge < -0.3 is 4.42 Å². The molecule has 0 bridgehead atoms. The molecule has 1 amide bonds. The zero-order chi connectivity index (χ0) is 21.7. The quantitative estimate of drug-likeness (QED) is 0.475. The molecular formula is C25H27ClN4O2. The zero-order valence-electron chi connectivity index (χ0n) is 18.0. The average molecular weight is 451 g/mol. The van der Waals surface area contributed by atoms with Gasteiger partial charge in [0, 0.05) is 22.5 Å².